The molecule has 0 fully saturated rings. The van der Waals surface area contributed by atoms with E-state index in [-0.39, 0.29) is 11.9 Å². The lowest BCUT2D eigenvalue weighted by molar-refractivity contribution is 0.0741. The van der Waals surface area contributed by atoms with E-state index in [0.29, 0.717) is 5.56 Å². The Kier molecular flexibility index (Phi) is 4.35. The van der Waals surface area contributed by atoms with Crippen LogP contribution in [-0.4, -0.2) is 38.0 Å². The lowest BCUT2D eigenvalue weighted by Gasteiger charge is -2.25. The lowest BCUT2D eigenvalue weighted by atomic mass is 10.0. The van der Waals surface area contributed by atoms with Crippen LogP contribution >= 0.6 is 0 Å². The van der Waals surface area contributed by atoms with E-state index in [0.717, 1.165) is 29.2 Å². The Balaban J connectivity index is 2.22. The van der Waals surface area contributed by atoms with Gasteiger partial charge in [-0.25, -0.2) is 9.97 Å². The molecule has 1 N–H and O–H groups in total. The minimum absolute atomic E-state index is 0.0675. The number of hydrogen-bond donors (Lipinski definition) is 1. The average molecular weight is 287 g/mol. The molecule has 2 rings (SSSR count). The number of carbonyl (C=O) groups excluding carboxylic acids is 1. The number of aromatic amines is 1. The fourth-order valence-electron chi connectivity index (χ4n) is 2.40. The molecule has 2 heterocycles. The highest BCUT2D eigenvalue weighted by Gasteiger charge is 2.23. The van der Waals surface area contributed by atoms with Crippen LogP contribution in [0.5, 0.6) is 0 Å². The molecule has 2 aromatic rings. The fraction of sp³-hybridized carbons (Fsp3) is 0.467. The third-order valence-corrected chi connectivity index (χ3v) is 3.77. The predicted molar refractivity (Wildman–Crippen MR) is 80.0 cm³/mol. The van der Waals surface area contributed by atoms with Crippen molar-refractivity contribution in [1.82, 2.24) is 25.1 Å². The number of aromatic nitrogens is 4. The zero-order valence-electron chi connectivity index (χ0n) is 13.1. The van der Waals surface area contributed by atoms with E-state index in [4.69, 9.17) is 0 Å². The molecule has 112 valence electrons. The zero-order chi connectivity index (χ0) is 15.6. The van der Waals surface area contributed by atoms with Crippen molar-refractivity contribution in [2.75, 3.05) is 7.05 Å². The van der Waals surface area contributed by atoms with Crippen molar-refractivity contribution in [3.05, 3.63) is 40.7 Å². The topological polar surface area (TPSA) is 74.8 Å². The number of aryl methyl sites for hydroxylation is 3. The minimum atomic E-state index is -0.0925. The largest absolute Gasteiger partial charge is 0.335 e. The Bertz CT molecular complexity index is 613. The Labute approximate surface area is 124 Å². The van der Waals surface area contributed by atoms with Crippen LogP contribution in [0.15, 0.2) is 12.4 Å². The molecule has 2 aromatic heterocycles. The van der Waals surface area contributed by atoms with Crippen molar-refractivity contribution in [2.24, 2.45) is 0 Å². The SMILES string of the molecule is CCc1ncc(C(=O)N(C)[C@@H](C)c2c(C)n[nH]c2C)cn1. The van der Waals surface area contributed by atoms with Crippen LogP contribution in [0.1, 0.15) is 53.0 Å². The molecule has 1 atom stereocenters. The summed E-state index contributed by atoms with van der Waals surface area (Å²) in [5, 5.41) is 7.14. The number of H-pyrrole nitrogens is 1. The number of hydrogen-bond acceptors (Lipinski definition) is 4. The Morgan fingerprint density at radius 2 is 1.95 bits per heavy atom. The van der Waals surface area contributed by atoms with E-state index in [2.05, 4.69) is 20.2 Å². The van der Waals surface area contributed by atoms with Crippen molar-refractivity contribution in [3.63, 3.8) is 0 Å². The maximum atomic E-state index is 12.5. The molecule has 0 radical (unpaired) electrons. The van der Waals surface area contributed by atoms with E-state index in [1.54, 1.807) is 24.3 Å². The smallest absolute Gasteiger partial charge is 0.257 e. The van der Waals surface area contributed by atoms with E-state index >= 15 is 0 Å². The molecule has 0 spiro atoms. The summed E-state index contributed by atoms with van der Waals surface area (Å²) in [6.45, 7) is 7.87. The van der Waals surface area contributed by atoms with E-state index in [1.165, 1.54) is 0 Å². The van der Waals surface area contributed by atoms with Crippen LogP contribution in [0, 0.1) is 13.8 Å². The highest BCUT2D eigenvalue weighted by atomic mass is 16.2. The molecule has 6 heteroatoms. The number of nitrogens with zero attached hydrogens (tertiary/aromatic N) is 4. The van der Waals surface area contributed by atoms with Crippen molar-refractivity contribution < 1.29 is 4.79 Å². The number of rotatable bonds is 4. The second-order valence-electron chi connectivity index (χ2n) is 5.18. The maximum absolute atomic E-state index is 12.5. The quantitative estimate of drug-likeness (QED) is 0.935. The van der Waals surface area contributed by atoms with Crippen molar-refractivity contribution in [2.45, 2.75) is 40.2 Å². The maximum Gasteiger partial charge on any atom is 0.257 e. The van der Waals surface area contributed by atoms with Gasteiger partial charge >= 0.3 is 0 Å². The lowest BCUT2D eigenvalue weighted by Crippen LogP contribution is -2.30. The van der Waals surface area contributed by atoms with Gasteiger partial charge in [0.15, 0.2) is 0 Å². The normalized spacial score (nSPS) is 12.2. The molecule has 1 amide bonds. The molecule has 0 unspecified atom stereocenters. The zero-order valence-corrected chi connectivity index (χ0v) is 13.1. The molecule has 0 aliphatic heterocycles. The summed E-state index contributed by atoms with van der Waals surface area (Å²) in [7, 11) is 1.78. The summed E-state index contributed by atoms with van der Waals surface area (Å²) in [5.41, 5.74) is 3.45. The second kappa shape index (κ2) is 6.03. The summed E-state index contributed by atoms with van der Waals surface area (Å²) >= 11 is 0. The van der Waals surface area contributed by atoms with Crippen LogP contribution in [0.3, 0.4) is 0 Å². The molecule has 0 bridgehead atoms. The Morgan fingerprint density at radius 1 is 1.33 bits per heavy atom. The molecule has 0 aliphatic carbocycles. The van der Waals surface area contributed by atoms with Crippen LogP contribution in [-0.2, 0) is 6.42 Å². The first-order chi connectivity index (χ1) is 9.95. The van der Waals surface area contributed by atoms with E-state index in [9.17, 15) is 4.79 Å². The molecule has 0 saturated heterocycles. The van der Waals surface area contributed by atoms with Gasteiger partial charge in [-0.05, 0) is 20.8 Å². The van der Waals surface area contributed by atoms with Crippen molar-refractivity contribution >= 4 is 5.91 Å². The molecule has 0 aromatic carbocycles. The van der Waals surface area contributed by atoms with Crippen LogP contribution in [0.4, 0.5) is 0 Å². The average Bonchev–Trinajstić information content (AvgIpc) is 2.84. The fourth-order valence-corrected chi connectivity index (χ4v) is 2.40. The molecule has 0 aliphatic rings. The summed E-state index contributed by atoms with van der Waals surface area (Å²) in [6, 6.07) is -0.0675. The number of amides is 1. The minimum Gasteiger partial charge on any atom is -0.335 e. The van der Waals surface area contributed by atoms with Gasteiger partial charge in [0.25, 0.3) is 5.91 Å². The molecule has 21 heavy (non-hydrogen) atoms. The monoisotopic (exact) mass is 287 g/mol. The molecular formula is C15H21N5O. The van der Waals surface area contributed by atoms with Gasteiger partial charge in [-0.3, -0.25) is 9.89 Å². The van der Waals surface area contributed by atoms with Gasteiger partial charge in [-0.1, -0.05) is 6.92 Å². The van der Waals surface area contributed by atoms with Gasteiger partial charge in [0.05, 0.1) is 17.3 Å². The van der Waals surface area contributed by atoms with Crippen LogP contribution in [0.2, 0.25) is 0 Å². The number of nitrogens with one attached hydrogen (secondary N) is 1. The molecule has 6 nitrogen and oxygen atoms in total. The Morgan fingerprint density at radius 3 is 2.43 bits per heavy atom. The summed E-state index contributed by atoms with van der Waals surface area (Å²) in [4.78, 5) is 22.6. The van der Waals surface area contributed by atoms with Crippen LogP contribution < -0.4 is 0 Å². The van der Waals surface area contributed by atoms with Crippen molar-refractivity contribution in [3.8, 4) is 0 Å². The summed E-state index contributed by atoms with van der Waals surface area (Å²) in [6.07, 6.45) is 3.94. The third kappa shape index (κ3) is 2.94. The summed E-state index contributed by atoms with van der Waals surface area (Å²) < 4.78 is 0. The van der Waals surface area contributed by atoms with Gasteiger partial charge in [-0.15, -0.1) is 0 Å². The first kappa shape index (κ1) is 15.2. The second-order valence-corrected chi connectivity index (χ2v) is 5.18. The highest BCUT2D eigenvalue weighted by Crippen LogP contribution is 2.25. The van der Waals surface area contributed by atoms with E-state index < -0.39 is 0 Å². The first-order valence-electron chi connectivity index (χ1n) is 7.05. The van der Waals surface area contributed by atoms with Crippen LogP contribution in [0.25, 0.3) is 0 Å². The predicted octanol–water partition coefficient (Wildman–Crippen LogP) is 2.21. The Hall–Kier alpha value is -2.24. The summed E-state index contributed by atoms with van der Waals surface area (Å²) in [5.74, 6) is 0.647. The standard InChI is InChI=1S/C15H21N5O/c1-6-13-16-7-12(8-17-13)15(21)20(5)11(4)14-9(2)18-19-10(14)3/h7-8,11H,6H2,1-5H3,(H,18,19)/t11-/m0/s1. The van der Waals surface area contributed by atoms with Gasteiger partial charge < -0.3 is 4.90 Å². The van der Waals surface area contributed by atoms with Gasteiger partial charge in [0.2, 0.25) is 0 Å². The van der Waals surface area contributed by atoms with Gasteiger partial charge in [-0.2, -0.15) is 5.10 Å². The first-order valence-corrected chi connectivity index (χ1v) is 7.05. The number of carbonyl (C=O) groups is 1. The highest BCUT2D eigenvalue weighted by molar-refractivity contribution is 5.93. The van der Waals surface area contributed by atoms with E-state index in [1.807, 2.05) is 27.7 Å². The third-order valence-electron chi connectivity index (χ3n) is 3.77. The van der Waals surface area contributed by atoms with Crippen molar-refractivity contribution in [1.29, 1.82) is 0 Å². The van der Waals surface area contributed by atoms with Gasteiger partial charge in [0, 0.05) is 37.1 Å². The van der Waals surface area contributed by atoms with Gasteiger partial charge in [0.1, 0.15) is 5.82 Å². The molecule has 0 saturated carbocycles. The molecular weight excluding hydrogens is 266 g/mol.